The molecule has 3 aromatic rings. The fourth-order valence-corrected chi connectivity index (χ4v) is 3.16. The predicted octanol–water partition coefficient (Wildman–Crippen LogP) is 3.28. The molecule has 4 nitrogen and oxygen atoms in total. The molecule has 0 aliphatic carbocycles. The molecule has 2 N–H and O–H groups in total. The predicted molar refractivity (Wildman–Crippen MR) is 75.6 cm³/mol. The highest BCUT2D eigenvalue weighted by atomic mass is 32.1. The molecular formula is C12H10N4S2. The molecule has 6 heteroatoms. The van der Waals surface area contributed by atoms with E-state index in [0.717, 1.165) is 20.3 Å². The topological polar surface area (TPSA) is 61.7 Å². The van der Waals surface area contributed by atoms with Crippen LogP contribution in [0.5, 0.6) is 0 Å². The Morgan fingerprint density at radius 2 is 1.94 bits per heavy atom. The normalized spacial score (nSPS) is 10.7. The molecule has 2 heterocycles. The van der Waals surface area contributed by atoms with Crippen molar-refractivity contribution < 1.29 is 0 Å². The highest BCUT2D eigenvalue weighted by Gasteiger charge is 2.04. The number of benzene rings is 1. The van der Waals surface area contributed by atoms with Crippen molar-refractivity contribution in [2.45, 2.75) is 6.92 Å². The summed E-state index contributed by atoms with van der Waals surface area (Å²) in [6.45, 7) is 2.06. The van der Waals surface area contributed by atoms with Crippen LogP contribution >= 0.6 is 22.7 Å². The zero-order valence-corrected chi connectivity index (χ0v) is 11.2. The first-order valence-corrected chi connectivity index (χ1v) is 6.99. The lowest BCUT2D eigenvalue weighted by Gasteiger charge is -2.01. The van der Waals surface area contributed by atoms with Gasteiger partial charge in [-0.25, -0.2) is 9.97 Å². The van der Waals surface area contributed by atoms with Gasteiger partial charge in [0.15, 0.2) is 5.13 Å². The third-order valence-corrected chi connectivity index (χ3v) is 4.25. The first-order valence-electron chi connectivity index (χ1n) is 5.36. The number of nitrogens with one attached hydrogen (secondary N) is 2. The highest BCUT2D eigenvalue weighted by molar-refractivity contribution is 7.27. The molecule has 0 saturated carbocycles. The summed E-state index contributed by atoms with van der Waals surface area (Å²) < 4.78 is 1.01. The summed E-state index contributed by atoms with van der Waals surface area (Å²) in [6.07, 6.45) is 1.70. The van der Waals surface area contributed by atoms with Gasteiger partial charge in [0.2, 0.25) is 4.80 Å². The van der Waals surface area contributed by atoms with E-state index in [2.05, 4.69) is 34.3 Å². The Hall–Kier alpha value is -1.79. The molecule has 1 aromatic carbocycles. The van der Waals surface area contributed by atoms with Crippen LogP contribution in [0.15, 0.2) is 30.5 Å². The van der Waals surface area contributed by atoms with E-state index in [0.29, 0.717) is 0 Å². The number of anilines is 2. The summed E-state index contributed by atoms with van der Waals surface area (Å²) in [4.78, 5) is 9.57. The largest absolute Gasteiger partial charge is 0.331 e. The molecule has 18 heavy (non-hydrogen) atoms. The third kappa shape index (κ3) is 2.25. The van der Waals surface area contributed by atoms with E-state index in [1.54, 1.807) is 17.5 Å². The zero-order valence-electron chi connectivity index (χ0n) is 9.60. The molecule has 0 atom stereocenters. The molecule has 2 aromatic heterocycles. The van der Waals surface area contributed by atoms with E-state index in [1.165, 1.54) is 16.9 Å². The van der Waals surface area contributed by atoms with Gasteiger partial charge in [-0.05, 0) is 19.1 Å². The van der Waals surface area contributed by atoms with Crippen molar-refractivity contribution in [3.8, 4) is 0 Å². The molecule has 90 valence electrons. The lowest BCUT2D eigenvalue weighted by molar-refractivity contribution is 1.17. The summed E-state index contributed by atoms with van der Waals surface area (Å²) in [7, 11) is 0. The Morgan fingerprint density at radius 3 is 2.72 bits per heavy atom. The Kier molecular flexibility index (Phi) is 2.81. The van der Waals surface area contributed by atoms with Crippen LogP contribution in [-0.2, 0) is 0 Å². The molecule has 0 bridgehead atoms. The molecular weight excluding hydrogens is 264 g/mol. The number of hydrogen-bond acceptors (Lipinski definition) is 6. The summed E-state index contributed by atoms with van der Waals surface area (Å²) in [5.41, 5.74) is 2.25. The van der Waals surface area contributed by atoms with Crippen molar-refractivity contribution in [3.05, 3.63) is 40.8 Å². The molecule has 0 fully saturated rings. The van der Waals surface area contributed by atoms with Crippen LogP contribution in [0.2, 0.25) is 0 Å². The Balaban J connectivity index is 1.95. The number of rotatable bonds is 2. The Labute approximate surface area is 112 Å². The van der Waals surface area contributed by atoms with Crippen molar-refractivity contribution in [2.24, 2.45) is 0 Å². The molecule has 0 saturated heterocycles. The maximum absolute atomic E-state index is 7.48. The van der Waals surface area contributed by atoms with Crippen molar-refractivity contribution in [1.29, 1.82) is 5.41 Å². The zero-order chi connectivity index (χ0) is 12.5. The van der Waals surface area contributed by atoms with Gasteiger partial charge in [0, 0.05) is 5.69 Å². The minimum Gasteiger partial charge on any atom is -0.331 e. The van der Waals surface area contributed by atoms with Crippen LogP contribution in [0.3, 0.4) is 0 Å². The van der Waals surface area contributed by atoms with E-state index in [4.69, 9.17) is 5.41 Å². The molecule has 0 aliphatic heterocycles. The second kappa shape index (κ2) is 4.47. The van der Waals surface area contributed by atoms with Crippen molar-refractivity contribution >= 4 is 43.0 Å². The van der Waals surface area contributed by atoms with Gasteiger partial charge >= 0.3 is 0 Å². The molecule has 0 amide bonds. The molecule has 0 radical (unpaired) electrons. The number of thiazole rings is 1. The molecule has 3 rings (SSSR count). The van der Waals surface area contributed by atoms with Crippen LogP contribution in [0.25, 0.3) is 9.53 Å². The average molecular weight is 274 g/mol. The lowest BCUT2D eigenvalue weighted by Crippen LogP contribution is -1.96. The van der Waals surface area contributed by atoms with Crippen LogP contribution < -0.4 is 10.1 Å². The van der Waals surface area contributed by atoms with E-state index in [1.807, 2.05) is 12.1 Å². The first kappa shape index (κ1) is 11.3. The standard InChI is InChI=1S/C12H10N4S2/c1-7-2-4-8(5-3-7)15-12-16-10-9(17-12)6-14-11(13)18-10/h2-6,13H,1H3,(H,15,16). The average Bonchev–Trinajstić information content (AvgIpc) is 2.73. The van der Waals surface area contributed by atoms with Gasteiger partial charge in [0.05, 0.1) is 10.9 Å². The van der Waals surface area contributed by atoms with Gasteiger partial charge in [-0.15, -0.1) is 0 Å². The van der Waals surface area contributed by atoms with Crippen LogP contribution in [0.1, 0.15) is 5.56 Å². The van der Waals surface area contributed by atoms with Gasteiger partial charge in [-0.3, -0.25) is 5.41 Å². The van der Waals surface area contributed by atoms with E-state index < -0.39 is 0 Å². The molecule has 0 aliphatic rings. The molecule has 0 unspecified atom stereocenters. The minimum atomic E-state index is 0.287. The monoisotopic (exact) mass is 274 g/mol. The van der Waals surface area contributed by atoms with Gasteiger partial charge in [0.1, 0.15) is 4.83 Å². The summed E-state index contributed by atoms with van der Waals surface area (Å²) >= 11 is 2.84. The third-order valence-electron chi connectivity index (χ3n) is 2.42. The van der Waals surface area contributed by atoms with Crippen LogP contribution in [-0.4, -0.2) is 9.97 Å². The number of fused-ring (bicyclic) bond motifs is 1. The number of aromatic nitrogens is 2. The lowest BCUT2D eigenvalue weighted by atomic mass is 10.2. The SMILES string of the molecule is Cc1ccc(Nc2nc3sc(=N)ncc3s2)cc1. The van der Waals surface area contributed by atoms with Crippen LogP contribution in [0.4, 0.5) is 10.8 Å². The van der Waals surface area contributed by atoms with Crippen molar-refractivity contribution in [2.75, 3.05) is 5.32 Å². The van der Waals surface area contributed by atoms with E-state index in [-0.39, 0.29) is 4.80 Å². The summed E-state index contributed by atoms with van der Waals surface area (Å²) in [6, 6.07) is 8.17. The van der Waals surface area contributed by atoms with Gasteiger partial charge in [-0.1, -0.05) is 40.4 Å². The number of nitrogens with zero attached hydrogens (tertiary/aromatic N) is 2. The minimum absolute atomic E-state index is 0.287. The summed E-state index contributed by atoms with van der Waals surface area (Å²) in [5, 5.41) is 11.6. The van der Waals surface area contributed by atoms with Crippen molar-refractivity contribution in [3.63, 3.8) is 0 Å². The van der Waals surface area contributed by atoms with Crippen LogP contribution in [0, 0.1) is 12.3 Å². The first-order chi connectivity index (χ1) is 8.70. The Bertz CT molecular complexity index is 743. The Morgan fingerprint density at radius 1 is 1.17 bits per heavy atom. The summed E-state index contributed by atoms with van der Waals surface area (Å²) in [5.74, 6) is 0. The number of hydrogen-bond donors (Lipinski definition) is 2. The maximum Gasteiger partial charge on any atom is 0.203 e. The van der Waals surface area contributed by atoms with Gasteiger partial charge in [0.25, 0.3) is 0 Å². The van der Waals surface area contributed by atoms with Gasteiger partial charge in [-0.2, -0.15) is 0 Å². The number of aryl methyl sites for hydroxylation is 1. The second-order valence-corrected chi connectivity index (χ2v) is 5.85. The smallest absolute Gasteiger partial charge is 0.203 e. The quantitative estimate of drug-likeness (QED) is 0.754. The fraction of sp³-hybridized carbons (Fsp3) is 0.0833. The van der Waals surface area contributed by atoms with Gasteiger partial charge < -0.3 is 5.32 Å². The highest BCUT2D eigenvalue weighted by Crippen LogP contribution is 2.28. The fourth-order valence-electron chi connectivity index (χ4n) is 1.52. The maximum atomic E-state index is 7.48. The van der Waals surface area contributed by atoms with E-state index >= 15 is 0 Å². The van der Waals surface area contributed by atoms with Crippen molar-refractivity contribution in [1.82, 2.24) is 9.97 Å². The van der Waals surface area contributed by atoms with E-state index in [9.17, 15) is 0 Å². The second-order valence-electron chi connectivity index (χ2n) is 3.84. The molecule has 0 spiro atoms.